The second-order valence-electron chi connectivity index (χ2n) is 5.31. The van der Waals surface area contributed by atoms with Crippen molar-refractivity contribution in [3.63, 3.8) is 0 Å². The summed E-state index contributed by atoms with van der Waals surface area (Å²) in [5, 5.41) is 8.49. The summed E-state index contributed by atoms with van der Waals surface area (Å²) >= 11 is 0. The third kappa shape index (κ3) is 3.74. The molecule has 6 nitrogen and oxygen atoms in total. The average molecular weight is 334 g/mol. The molecule has 126 valence electrons. The maximum absolute atomic E-state index is 12.6. The molecule has 25 heavy (non-hydrogen) atoms. The maximum atomic E-state index is 12.6. The predicted molar refractivity (Wildman–Crippen MR) is 96.6 cm³/mol. The number of benzene rings is 2. The predicted octanol–water partition coefficient (Wildman–Crippen LogP) is 3.25. The van der Waals surface area contributed by atoms with Gasteiger partial charge in [0, 0.05) is 18.7 Å². The first kappa shape index (κ1) is 16.4. The molecule has 1 aromatic heterocycles. The van der Waals surface area contributed by atoms with Gasteiger partial charge in [0.2, 0.25) is 5.90 Å². The molecular formula is C19H18N4O2. The number of nitrogens with one attached hydrogen (secondary N) is 1. The number of ether oxygens (including phenoxy) is 1. The lowest BCUT2D eigenvalue weighted by Crippen LogP contribution is -2.19. The van der Waals surface area contributed by atoms with E-state index in [1.165, 1.54) is 7.11 Å². The summed E-state index contributed by atoms with van der Waals surface area (Å²) in [4.78, 5) is 12.6. The molecule has 0 radical (unpaired) electrons. The Hall–Kier alpha value is -3.41. The standard InChI is InChI=1S/C19H18N4O2/c1-14(25-2)20-21-19(24)17-13-23(16-11-7-4-8-12-16)22-18(17)15-9-5-3-6-10-15/h3-13H,1-2H3,(H,21,24)/b20-14+. The van der Waals surface area contributed by atoms with Crippen LogP contribution in [0.5, 0.6) is 0 Å². The topological polar surface area (TPSA) is 68.5 Å². The number of aromatic nitrogens is 2. The van der Waals surface area contributed by atoms with Crippen LogP contribution < -0.4 is 5.43 Å². The van der Waals surface area contributed by atoms with Crippen molar-refractivity contribution in [2.45, 2.75) is 6.92 Å². The van der Waals surface area contributed by atoms with Gasteiger partial charge in [-0.3, -0.25) is 4.79 Å². The summed E-state index contributed by atoms with van der Waals surface area (Å²) in [6, 6.07) is 19.2. The lowest BCUT2D eigenvalue weighted by Gasteiger charge is -2.02. The number of para-hydroxylation sites is 1. The molecule has 0 atom stereocenters. The number of methoxy groups -OCH3 is 1. The summed E-state index contributed by atoms with van der Waals surface area (Å²) in [7, 11) is 1.49. The quantitative estimate of drug-likeness (QED) is 0.452. The van der Waals surface area contributed by atoms with Crippen LogP contribution in [0.3, 0.4) is 0 Å². The number of nitrogens with zero attached hydrogens (tertiary/aromatic N) is 3. The van der Waals surface area contributed by atoms with Crippen molar-refractivity contribution in [3.8, 4) is 16.9 Å². The summed E-state index contributed by atoms with van der Waals surface area (Å²) in [5.74, 6) is 0.0162. The molecule has 0 spiro atoms. The van der Waals surface area contributed by atoms with Crippen molar-refractivity contribution >= 4 is 11.8 Å². The Morgan fingerprint density at radius 2 is 1.72 bits per heavy atom. The van der Waals surface area contributed by atoms with Gasteiger partial charge in [-0.25, -0.2) is 10.1 Å². The number of carbonyl (C=O) groups excluding carboxylic acids is 1. The zero-order chi connectivity index (χ0) is 17.6. The number of carbonyl (C=O) groups is 1. The summed E-state index contributed by atoms with van der Waals surface area (Å²) in [6.07, 6.45) is 1.70. The third-order valence-electron chi connectivity index (χ3n) is 3.64. The molecule has 1 N–H and O–H groups in total. The van der Waals surface area contributed by atoms with Crippen LogP contribution in [0.2, 0.25) is 0 Å². The molecule has 6 heteroatoms. The summed E-state index contributed by atoms with van der Waals surface area (Å²) in [5.41, 5.74) is 5.25. The fraction of sp³-hybridized carbons (Fsp3) is 0.105. The molecule has 0 unspecified atom stereocenters. The largest absolute Gasteiger partial charge is 0.483 e. The van der Waals surface area contributed by atoms with Crippen LogP contribution in [-0.2, 0) is 4.74 Å². The van der Waals surface area contributed by atoms with Crippen LogP contribution in [0.25, 0.3) is 16.9 Å². The lowest BCUT2D eigenvalue weighted by molar-refractivity contribution is 0.0954. The van der Waals surface area contributed by atoms with Gasteiger partial charge in [0.15, 0.2) is 0 Å². The molecule has 0 fully saturated rings. The SMILES string of the molecule is CO/C(C)=N/NC(=O)c1cn(-c2ccccc2)nc1-c1ccccc1. The van der Waals surface area contributed by atoms with Crippen LogP contribution in [0.4, 0.5) is 0 Å². The van der Waals surface area contributed by atoms with E-state index in [-0.39, 0.29) is 5.91 Å². The molecule has 1 amide bonds. The lowest BCUT2D eigenvalue weighted by atomic mass is 10.1. The van der Waals surface area contributed by atoms with Gasteiger partial charge >= 0.3 is 0 Å². The van der Waals surface area contributed by atoms with Gasteiger partial charge in [0.1, 0.15) is 5.69 Å². The van der Waals surface area contributed by atoms with E-state index in [1.54, 1.807) is 17.8 Å². The summed E-state index contributed by atoms with van der Waals surface area (Å²) < 4.78 is 6.62. The Kier molecular flexibility index (Phi) is 4.89. The van der Waals surface area contributed by atoms with Crippen molar-refractivity contribution in [1.29, 1.82) is 0 Å². The highest BCUT2D eigenvalue weighted by Gasteiger charge is 2.18. The van der Waals surface area contributed by atoms with Crippen LogP contribution in [0.1, 0.15) is 17.3 Å². The first-order valence-electron chi connectivity index (χ1n) is 7.78. The number of hydrogen-bond acceptors (Lipinski definition) is 4. The fourth-order valence-electron chi connectivity index (χ4n) is 2.30. The highest BCUT2D eigenvalue weighted by molar-refractivity contribution is 6.00. The van der Waals surface area contributed by atoms with E-state index in [9.17, 15) is 4.79 Å². The van der Waals surface area contributed by atoms with Gasteiger partial charge in [-0.05, 0) is 12.1 Å². The second-order valence-corrected chi connectivity index (χ2v) is 5.31. The van der Waals surface area contributed by atoms with E-state index in [2.05, 4.69) is 15.6 Å². The smallest absolute Gasteiger partial charge is 0.275 e. The van der Waals surface area contributed by atoms with Crippen LogP contribution in [-0.4, -0.2) is 28.7 Å². The molecule has 0 aliphatic carbocycles. The van der Waals surface area contributed by atoms with Gasteiger partial charge in [-0.2, -0.15) is 5.10 Å². The fourth-order valence-corrected chi connectivity index (χ4v) is 2.30. The first-order chi connectivity index (χ1) is 12.2. The average Bonchev–Trinajstić information content (AvgIpc) is 3.12. The Morgan fingerprint density at radius 1 is 1.08 bits per heavy atom. The Bertz CT molecular complexity index is 886. The van der Waals surface area contributed by atoms with Gasteiger partial charge in [0.05, 0.1) is 18.4 Å². The van der Waals surface area contributed by atoms with Crippen LogP contribution >= 0.6 is 0 Å². The number of amides is 1. The van der Waals surface area contributed by atoms with Crippen molar-refractivity contribution in [2.75, 3.05) is 7.11 Å². The van der Waals surface area contributed by atoms with Gasteiger partial charge < -0.3 is 4.74 Å². The first-order valence-corrected chi connectivity index (χ1v) is 7.78. The van der Waals surface area contributed by atoms with Crippen LogP contribution in [0.15, 0.2) is 72.0 Å². The molecular weight excluding hydrogens is 316 g/mol. The van der Waals surface area contributed by atoms with E-state index in [0.717, 1.165) is 11.3 Å². The minimum atomic E-state index is -0.350. The van der Waals surface area contributed by atoms with Crippen molar-refractivity contribution < 1.29 is 9.53 Å². The Labute approximate surface area is 145 Å². The zero-order valence-electron chi connectivity index (χ0n) is 14.0. The van der Waals surface area contributed by atoms with E-state index in [0.29, 0.717) is 17.2 Å². The minimum absolute atomic E-state index is 0.350. The van der Waals surface area contributed by atoms with Gasteiger partial charge in [0.25, 0.3) is 5.91 Å². The molecule has 2 aromatic carbocycles. The molecule has 0 saturated carbocycles. The number of rotatable bonds is 4. The minimum Gasteiger partial charge on any atom is -0.483 e. The van der Waals surface area contributed by atoms with E-state index < -0.39 is 0 Å². The molecule has 0 aliphatic rings. The van der Waals surface area contributed by atoms with Gasteiger partial charge in [-0.1, -0.05) is 48.5 Å². The number of hydrogen-bond donors (Lipinski definition) is 1. The molecule has 1 heterocycles. The zero-order valence-corrected chi connectivity index (χ0v) is 14.0. The summed E-state index contributed by atoms with van der Waals surface area (Å²) in [6.45, 7) is 1.66. The maximum Gasteiger partial charge on any atom is 0.275 e. The Morgan fingerprint density at radius 3 is 2.36 bits per heavy atom. The third-order valence-corrected chi connectivity index (χ3v) is 3.64. The second kappa shape index (κ2) is 7.44. The van der Waals surface area contributed by atoms with Crippen molar-refractivity contribution in [3.05, 3.63) is 72.4 Å². The molecule has 3 rings (SSSR count). The molecule has 0 saturated heterocycles. The number of hydrazone groups is 1. The van der Waals surface area contributed by atoms with E-state index in [4.69, 9.17) is 4.74 Å². The van der Waals surface area contributed by atoms with Crippen molar-refractivity contribution in [1.82, 2.24) is 15.2 Å². The van der Waals surface area contributed by atoms with Crippen molar-refractivity contribution in [2.24, 2.45) is 5.10 Å². The molecule has 0 bridgehead atoms. The molecule has 3 aromatic rings. The van der Waals surface area contributed by atoms with Crippen LogP contribution in [0, 0.1) is 0 Å². The highest BCUT2D eigenvalue weighted by atomic mass is 16.5. The highest BCUT2D eigenvalue weighted by Crippen LogP contribution is 2.23. The van der Waals surface area contributed by atoms with E-state index in [1.807, 2.05) is 60.7 Å². The Balaban J connectivity index is 2.03. The normalized spacial score (nSPS) is 11.2. The molecule has 0 aliphatic heterocycles. The monoisotopic (exact) mass is 334 g/mol. The van der Waals surface area contributed by atoms with E-state index >= 15 is 0 Å². The van der Waals surface area contributed by atoms with Gasteiger partial charge in [-0.15, -0.1) is 5.10 Å².